The Kier molecular flexibility index (Phi) is 2.27. The quantitative estimate of drug-likeness (QED) is 0.795. The summed E-state index contributed by atoms with van der Waals surface area (Å²) < 4.78 is 4.73. The lowest BCUT2D eigenvalue weighted by molar-refractivity contribution is 0.0658. The van der Waals surface area contributed by atoms with E-state index in [1.165, 1.54) is 6.07 Å². The van der Waals surface area contributed by atoms with Gasteiger partial charge in [-0.1, -0.05) is 12.1 Å². The van der Waals surface area contributed by atoms with E-state index in [1.54, 1.807) is 6.07 Å². The first kappa shape index (κ1) is 10.4. The summed E-state index contributed by atoms with van der Waals surface area (Å²) in [6, 6.07) is 4.94. The average molecular weight is 218 g/mol. The van der Waals surface area contributed by atoms with Gasteiger partial charge in [-0.05, 0) is 36.4 Å². The molecule has 0 bridgehead atoms. The van der Waals surface area contributed by atoms with Crippen LogP contribution in [0.3, 0.4) is 0 Å². The second kappa shape index (κ2) is 3.48. The van der Waals surface area contributed by atoms with Crippen LogP contribution in [-0.4, -0.2) is 11.1 Å². The maximum Gasteiger partial charge on any atom is 0.371 e. The van der Waals surface area contributed by atoms with Crippen LogP contribution in [-0.2, 0) is 0 Å². The van der Waals surface area contributed by atoms with Crippen molar-refractivity contribution in [1.29, 1.82) is 0 Å². The van der Waals surface area contributed by atoms with E-state index >= 15 is 0 Å². The molecule has 1 aromatic heterocycles. The van der Waals surface area contributed by atoms with Crippen LogP contribution in [0.4, 0.5) is 0 Å². The van der Waals surface area contributed by atoms with Crippen molar-refractivity contribution in [2.24, 2.45) is 0 Å². The highest BCUT2D eigenvalue weighted by atomic mass is 16.4. The second-order valence-corrected chi connectivity index (χ2v) is 3.67. The Balaban J connectivity index is 2.92. The van der Waals surface area contributed by atoms with E-state index in [2.05, 4.69) is 0 Å². The van der Waals surface area contributed by atoms with Gasteiger partial charge in [0, 0.05) is 0 Å². The molecule has 0 atom stereocenters. The van der Waals surface area contributed by atoms with Gasteiger partial charge in [-0.15, -0.1) is 0 Å². The third kappa shape index (κ3) is 1.48. The Morgan fingerprint density at radius 2 is 2.00 bits per heavy atom. The van der Waals surface area contributed by atoms with Crippen molar-refractivity contribution in [1.82, 2.24) is 0 Å². The van der Waals surface area contributed by atoms with Gasteiger partial charge >= 0.3 is 11.6 Å². The van der Waals surface area contributed by atoms with Crippen molar-refractivity contribution in [2.75, 3.05) is 0 Å². The van der Waals surface area contributed by atoms with Crippen LogP contribution >= 0.6 is 0 Å². The Bertz CT molecular complexity index is 637. The van der Waals surface area contributed by atoms with Crippen molar-refractivity contribution >= 4 is 16.7 Å². The third-order valence-corrected chi connectivity index (χ3v) is 2.67. The fourth-order valence-electron chi connectivity index (χ4n) is 1.66. The molecule has 0 fully saturated rings. The molecule has 0 saturated carbocycles. The molecule has 0 spiro atoms. The van der Waals surface area contributed by atoms with E-state index in [0.29, 0.717) is 10.8 Å². The van der Waals surface area contributed by atoms with E-state index in [1.807, 2.05) is 19.9 Å². The zero-order valence-corrected chi connectivity index (χ0v) is 8.90. The Morgan fingerprint density at radius 1 is 1.31 bits per heavy atom. The number of carbonyl (C=O) groups is 1. The largest absolute Gasteiger partial charge is 0.475 e. The summed E-state index contributed by atoms with van der Waals surface area (Å²) >= 11 is 0. The summed E-state index contributed by atoms with van der Waals surface area (Å²) in [6.45, 7) is 3.70. The van der Waals surface area contributed by atoms with E-state index in [0.717, 1.165) is 11.1 Å². The van der Waals surface area contributed by atoms with Crippen molar-refractivity contribution in [3.63, 3.8) is 0 Å². The van der Waals surface area contributed by atoms with Crippen LogP contribution < -0.4 is 5.63 Å². The number of fused-ring (bicyclic) bond motifs is 1. The second-order valence-electron chi connectivity index (χ2n) is 3.67. The molecule has 0 aliphatic carbocycles. The monoisotopic (exact) mass is 218 g/mol. The van der Waals surface area contributed by atoms with Gasteiger partial charge in [-0.25, -0.2) is 9.59 Å². The van der Waals surface area contributed by atoms with Gasteiger partial charge in [0.2, 0.25) is 5.76 Å². The van der Waals surface area contributed by atoms with E-state index < -0.39 is 11.6 Å². The molecule has 1 N–H and O–H groups in total. The smallest absolute Gasteiger partial charge is 0.371 e. The van der Waals surface area contributed by atoms with Gasteiger partial charge < -0.3 is 9.52 Å². The molecule has 0 radical (unpaired) electrons. The fraction of sp³-hybridized carbons (Fsp3) is 0.167. The molecule has 16 heavy (non-hydrogen) atoms. The average Bonchev–Trinajstić information content (AvgIpc) is 2.22. The standard InChI is InChI=1S/C12H10O4/c1-6-3-4-8-5-9(11(13)14)16-12(15)10(8)7(6)2/h3-5H,1-2H3,(H,13,14). The molecule has 0 saturated heterocycles. The molecule has 2 rings (SSSR count). The van der Waals surface area contributed by atoms with E-state index in [9.17, 15) is 9.59 Å². The van der Waals surface area contributed by atoms with Gasteiger partial charge in [0.1, 0.15) is 0 Å². The van der Waals surface area contributed by atoms with Gasteiger partial charge in [-0.3, -0.25) is 0 Å². The fourth-order valence-corrected chi connectivity index (χ4v) is 1.66. The first-order chi connectivity index (χ1) is 7.50. The Hall–Kier alpha value is -2.10. The molecule has 1 aromatic carbocycles. The molecule has 82 valence electrons. The van der Waals surface area contributed by atoms with Crippen molar-refractivity contribution in [2.45, 2.75) is 13.8 Å². The lowest BCUT2D eigenvalue weighted by Gasteiger charge is -2.04. The number of carboxylic acids is 1. The molecule has 1 heterocycles. The summed E-state index contributed by atoms with van der Waals surface area (Å²) in [5.41, 5.74) is 1.20. The van der Waals surface area contributed by atoms with Gasteiger partial charge in [0.05, 0.1) is 5.39 Å². The van der Waals surface area contributed by atoms with Gasteiger partial charge in [0.15, 0.2) is 0 Å². The maximum absolute atomic E-state index is 11.6. The molecule has 2 aromatic rings. The SMILES string of the molecule is Cc1ccc2cc(C(=O)O)oc(=O)c2c1C. The predicted octanol–water partition coefficient (Wildman–Crippen LogP) is 2.11. The number of carboxylic acid groups (broad SMARTS) is 1. The molecule has 4 nitrogen and oxygen atoms in total. The summed E-state index contributed by atoms with van der Waals surface area (Å²) in [6.07, 6.45) is 0. The Labute approximate surface area is 91.1 Å². The van der Waals surface area contributed by atoms with Crippen LogP contribution in [0.1, 0.15) is 21.7 Å². The van der Waals surface area contributed by atoms with Crippen LogP contribution in [0.15, 0.2) is 27.4 Å². The number of rotatable bonds is 1. The lowest BCUT2D eigenvalue weighted by atomic mass is 10.0. The molecular weight excluding hydrogens is 208 g/mol. The third-order valence-electron chi connectivity index (χ3n) is 2.67. The van der Waals surface area contributed by atoms with Crippen molar-refractivity contribution in [3.8, 4) is 0 Å². The topological polar surface area (TPSA) is 67.5 Å². The first-order valence-electron chi connectivity index (χ1n) is 4.78. The van der Waals surface area contributed by atoms with E-state index in [-0.39, 0.29) is 5.76 Å². The van der Waals surface area contributed by atoms with Gasteiger partial charge in [-0.2, -0.15) is 0 Å². The van der Waals surface area contributed by atoms with E-state index in [4.69, 9.17) is 9.52 Å². The van der Waals surface area contributed by atoms with Crippen LogP contribution in [0.2, 0.25) is 0 Å². The molecule has 0 aliphatic rings. The number of aryl methyl sites for hydroxylation is 2. The molecule has 4 heteroatoms. The highest BCUT2D eigenvalue weighted by molar-refractivity contribution is 5.92. The maximum atomic E-state index is 11.6. The number of hydrogen-bond donors (Lipinski definition) is 1. The minimum absolute atomic E-state index is 0.333. The minimum atomic E-state index is -1.24. The highest BCUT2D eigenvalue weighted by Gasteiger charge is 2.12. The predicted molar refractivity (Wildman–Crippen MR) is 58.9 cm³/mol. The summed E-state index contributed by atoms with van der Waals surface area (Å²) in [7, 11) is 0. The summed E-state index contributed by atoms with van der Waals surface area (Å²) in [4.78, 5) is 22.4. The Morgan fingerprint density at radius 3 is 2.62 bits per heavy atom. The molecule has 0 unspecified atom stereocenters. The lowest BCUT2D eigenvalue weighted by Crippen LogP contribution is -2.08. The molecule has 0 aliphatic heterocycles. The van der Waals surface area contributed by atoms with Gasteiger partial charge in [0.25, 0.3) is 0 Å². The minimum Gasteiger partial charge on any atom is -0.475 e. The first-order valence-corrected chi connectivity index (χ1v) is 4.78. The van der Waals surface area contributed by atoms with Crippen molar-refractivity contribution < 1.29 is 14.3 Å². The summed E-state index contributed by atoms with van der Waals surface area (Å²) in [5, 5.41) is 9.80. The van der Waals surface area contributed by atoms with Crippen LogP contribution in [0.5, 0.6) is 0 Å². The highest BCUT2D eigenvalue weighted by Crippen LogP contribution is 2.19. The zero-order valence-electron chi connectivity index (χ0n) is 8.90. The van der Waals surface area contributed by atoms with Crippen molar-refractivity contribution in [3.05, 3.63) is 45.5 Å². The summed E-state index contributed by atoms with van der Waals surface area (Å²) in [5.74, 6) is -1.57. The normalized spacial score (nSPS) is 10.6. The zero-order chi connectivity index (χ0) is 11.9. The van der Waals surface area contributed by atoms with Crippen LogP contribution in [0.25, 0.3) is 10.8 Å². The number of aromatic carboxylic acids is 1. The number of hydrogen-bond acceptors (Lipinski definition) is 3. The molecule has 0 amide bonds. The number of benzene rings is 1. The molecular formula is C12H10O4. The van der Waals surface area contributed by atoms with Crippen LogP contribution in [0, 0.1) is 13.8 Å².